The van der Waals surface area contributed by atoms with Gasteiger partial charge in [-0.2, -0.15) is 0 Å². The highest BCUT2D eigenvalue weighted by molar-refractivity contribution is 6.00. The van der Waals surface area contributed by atoms with E-state index in [1.54, 1.807) is 67.7 Å². The standard InChI is InChI=1S/C32H31FN4O4.C23H21FN4O2/c1-39-25-10-7-21(30(17-25)40-2)19-37-20-29-31(32(37)38)22(16-28(35-29)26-5-3-4-6-27(26)33)15-23-8-9-24(18-34-23)36-11-13-41-14-12-36;24-19-4-2-1-3-18(19)20-12-15(22-21(27-20)14-26-23(22)29)11-16-5-6-17(13-25-16)28-7-9-30-10-8-28/h3-10,16-18H,11-15,19-20H2,1-2H3;1-6,12-13H,7-11,14H2,(H,26,29). The highest BCUT2D eigenvalue weighted by Crippen LogP contribution is 2.35. The minimum absolute atomic E-state index is 0.120. The van der Waals surface area contributed by atoms with Crippen molar-refractivity contribution in [1.82, 2.24) is 30.2 Å². The van der Waals surface area contributed by atoms with E-state index in [2.05, 4.69) is 31.2 Å². The number of pyridine rings is 4. The summed E-state index contributed by atoms with van der Waals surface area (Å²) in [6, 6.07) is 30.4. The summed E-state index contributed by atoms with van der Waals surface area (Å²) in [5.41, 5.74) is 10.5. The molecule has 4 aliphatic heterocycles. The number of nitrogens with zero attached hydrogens (tertiary/aromatic N) is 7. The van der Waals surface area contributed by atoms with Crippen LogP contribution in [0.4, 0.5) is 20.2 Å². The normalized spacial score (nSPS) is 15.2. The zero-order valence-electron chi connectivity index (χ0n) is 39.5. The molecular weight excluding hydrogens is 907 g/mol. The van der Waals surface area contributed by atoms with Gasteiger partial charge in [0.2, 0.25) is 0 Å². The molecule has 1 N–H and O–H groups in total. The van der Waals surface area contributed by atoms with Crippen molar-refractivity contribution < 1.29 is 37.3 Å². The van der Waals surface area contributed by atoms with Gasteiger partial charge in [-0.25, -0.2) is 18.7 Å². The van der Waals surface area contributed by atoms with E-state index in [4.69, 9.17) is 28.9 Å². The van der Waals surface area contributed by atoms with Crippen LogP contribution in [0.25, 0.3) is 22.5 Å². The molecule has 0 aliphatic carbocycles. The summed E-state index contributed by atoms with van der Waals surface area (Å²) in [5.74, 6) is 0.359. The quantitative estimate of drug-likeness (QED) is 0.128. The van der Waals surface area contributed by atoms with E-state index in [-0.39, 0.29) is 23.4 Å². The van der Waals surface area contributed by atoms with Crippen LogP contribution in [0, 0.1) is 11.6 Å². The average molecular weight is 959 g/mol. The Morgan fingerprint density at radius 2 is 1.17 bits per heavy atom. The van der Waals surface area contributed by atoms with E-state index in [1.165, 1.54) is 12.1 Å². The summed E-state index contributed by atoms with van der Waals surface area (Å²) in [6.07, 6.45) is 4.62. The van der Waals surface area contributed by atoms with Crippen LogP contribution in [0.15, 0.2) is 116 Å². The molecule has 4 aromatic heterocycles. The summed E-state index contributed by atoms with van der Waals surface area (Å²) in [7, 11) is 3.19. The Kier molecular flexibility index (Phi) is 13.9. The van der Waals surface area contributed by atoms with Crippen LogP contribution in [0.1, 0.15) is 60.2 Å². The summed E-state index contributed by atoms with van der Waals surface area (Å²) in [6.45, 7) is 7.20. The fourth-order valence-corrected chi connectivity index (χ4v) is 9.41. The van der Waals surface area contributed by atoms with E-state index in [0.29, 0.717) is 102 Å². The summed E-state index contributed by atoms with van der Waals surface area (Å²) in [5, 5.41) is 2.82. The van der Waals surface area contributed by atoms with Crippen LogP contribution in [0.2, 0.25) is 0 Å². The lowest BCUT2D eigenvalue weighted by Gasteiger charge is -2.28. The number of halogens is 2. The number of nitrogens with one attached hydrogen (secondary N) is 1. The van der Waals surface area contributed by atoms with Crippen molar-refractivity contribution in [3.8, 4) is 34.0 Å². The number of aromatic nitrogens is 4. The highest BCUT2D eigenvalue weighted by atomic mass is 19.1. The molecule has 3 aromatic carbocycles. The van der Waals surface area contributed by atoms with Gasteiger partial charge in [-0.1, -0.05) is 24.3 Å². The number of ether oxygens (including phenoxy) is 4. The Hall–Kier alpha value is -7.82. The molecule has 0 atom stereocenters. The van der Waals surface area contributed by atoms with Crippen LogP contribution in [0.3, 0.4) is 0 Å². The van der Waals surface area contributed by atoms with Gasteiger partial charge >= 0.3 is 0 Å². The first-order chi connectivity index (χ1) is 34.7. The van der Waals surface area contributed by atoms with Gasteiger partial charge in [0, 0.05) is 73.2 Å². The summed E-state index contributed by atoms with van der Waals surface area (Å²) in [4.78, 5) is 51.1. The molecule has 16 heteroatoms. The van der Waals surface area contributed by atoms with Gasteiger partial charge in [0.15, 0.2) is 0 Å². The zero-order valence-corrected chi connectivity index (χ0v) is 39.5. The fraction of sp³-hybridized carbons (Fsp3) is 0.273. The topological polar surface area (TPSA) is 144 Å². The third-order valence-electron chi connectivity index (χ3n) is 13.1. The first-order valence-electron chi connectivity index (χ1n) is 23.6. The Morgan fingerprint density at radius 3 is 1.69 bits per heavy atom. The van der Waals surface area contributed by atoms with Crippen LogP contribution in [-0.4, -0.2) is 103 Å². The molecule has 2 fully saturated rings. The molecule has 7 aromatic rings. The van der Waals surface area contributed by atoms with E-state index >= 15 is 0 Å². The monoisotopic (exact) mass is 958 g/mol. The number of methoxy groups -OCH3 is 2. The number of morpholine rings is 2. The number of rotatable bonds is 12. The molecule has 14 nitrogen and oxygen atoms in total. The average Bonchev–Trinajstić information content (AvgIpc) is 3.95. The minimum Gasteiger partial charge on any atom is -0.497 e. The smallest absolute Gasteiger partial charge is 0.256 e. The second-order valence-electron chi connectivity index (χ2n) is 17.5. The molecule has 2 amide bonds. The zero-order chi connectivity index (χ0) is 48.8. The SMILES string of the molecule is COc1ccc(CN2Cc3nc(-c4ccccc4F)cc(Cc4ccc(N5CCOCC5)cn4)c3C2=O)c(OC)c1.O=C1NCc2nc(-c3ccccc3F)cc(Cc3ccc(N4CCOCC4)cn3)c21. The van der Waals surface area contributed by atoms with Crippen molar-refractivity contribution >= 4 is 23.2 Å². The van der Waals surface area contributed by atoms with Crippen molar-refractivity contribution in [2.24, 2.45) is 0 Å². The first-order valence-corrected chi connectivity index (χ1v) is 23.6. The number of benzene rings is 3. The van der Waals surface area contributed by atoms with E-state index < -0.39 is 0 Å². The Balaban J connectivity index is 0.000000172. The Morgan fingerprint density at radius 1 is 0.620 bits per heavy atom. The Bertz CT molecular complexity index is 3070. The van der Waals surface area contributed by atoms with E-state index in [0.717, 1.165) is 78.8 Å². The molecular formula is C55H52F2N8O6. The fourth-order valence-electron chi connectivity index (χ4n) is 9.41. The van der Waals surface area contributed by atoms with Crippen LogP contribution >= 0.6 is 0 Å². The second kappa shape index (κ2) is 21.0. The number of fused-ring (bicyclic) bond motifs is 2. The predicted molar refractivity (Wildman–Crippen MR) is 264 cm³/mol. The third-order valence-corrected chi connectivity index (χ3v) is 13.1. The van der Waals surface area contributed by atoms with Gasteiger partial charge in [-0.15, -0.1) is 0 Å². The molecule has 71 heavy (non-hydrogen) atoms. The van der Waals surface area contributed by atoms with Crippen molar-refractivity contribution in [3.63, 3.8) is 0 Å². The number of anilines is 2. The number of amides is 2. The van der Waals surface area contributed by atoms with E-state index in [9.17, 15) is 18.4 Å². The maximum atomic E-state index is 14.8. The molecule has 0 radical (unpaired) electrons. The van der Waals surface area contributed by atoms with Crippen LogP contribution in [-0.2, 0) is 41.9 Å². The van der Waals surface area contributed by atoms with Gasteiger partial charge in [-0.05, 0) is 83.9 Å². The highest BCUT2D eigenvalue weighted by Gasteiger charge is 2.33. The third kappa shape index (κ3) is 10.3. The number of carbonyl (C=O) groups is 2. The largest absolute Gasteiger partial charge is 0.497 e. The second-order valence-corrected chi connectivity index (χ2v) is 17.5. The van der Waals surface area contributed by atoms with Crippen LogP contribution < -0.4 is 24.6 Å². The van der Waals surface area contributed by atoms with Crippen molar-refractivity contribution in [3.05, 3.63) is 178 Å². The molecule has 0 spiro atoms. The number of hydrogen-bond acceptors (Lipinski definition) is 12. The minimum atomic E-state index is -0.358. The van der Waals surface area contributed by atoms with Crippen molar-refractivity contribution in [1.29, 1.82) is 0 Å². The lowest BCUT2D eigenvalue weighted by molar-refractivity contribution is 0.0764. The van der Waals surface area contributed by atoms with Gasteiger partial charge < -0.3 is 39.0 Å². The lowest BCUT2D eigenvalue weighted by atomic mass is 9.99. The first kappa shape index (κ1) is 46.9. The van der Waals surface area contributed by atoms with Gasteiger partial charge in [0.05, 0.1) is 118 Å². The van der Waals surface area contributed by atoms with Gasteiger partial charge in [0.25, 0.3) is 11.8 Å². The van der Waals surface area contributed by atoms with Crippen molar-refractivity contribution in [2.45, 2.75) is 32.5 Å². The van der Waals surface area contributed by atoms with Gasteiger partial charge in [-0.3, -0.25) is 19.6 Å². The summed E-state index contributed by atoms with van der Waals surface area (Å²) < 4.78 is 50.9. The maximum absolute atomic E-state index is 14.8. The lowest BCUT2D eigenvalue weighted by Crippen LogP contribution is -2.36. The molecule has 0 unspecified atom stereocenters. The predicted octanol–water partition coefficient (Wildman–Crippen LogP) is 7.84. The molecule has 0 saturated carbocycles. The van der Waals surface area contributed by atoms with E-state index in [1.807, 2.05) is 48.8 Å². The maximum Gasteiger partial charge on any atom is 0.256 e. The van der Waals surface area contributed by atoms with Crippen molar-refractivity contribution in [2.75, 3.05) is 76.6 Å². The van der Waals surface area contributed by atoms with Gasteiger partial charge in [0.1, 0.15) is 23.1 Å². The number of carbonyl (C=O) groups excluding carboxylic acids is 2. The molecule has 4 aliphatic rings. The molecule has 8 heterocycles. The molecule has 0 bridgehead atoms. The molecule has 2 saturated heterocycles. The molecule has 362 valence electrons. The number of hydrogen-bond donors (Lipinski definition) is 1. The molecule has 11 rings (SSSR count). The van der Waals surface area contributed by atoms with Crippen LogP contribution in [0.5, 0.6) is 11.5 Å². The summed E-state index contributed by atoms with van der Waals surface area (Å²) >= 11 is 0. The Labute approximate surface area is 410 Å².